The molecule has 0 aliphatic carbocycles. The van der Waals surface area contributed by atoms with Crippen molar-refractivity contribution in [3.8, 4) is 0 Å². The van der Waals surface area contributed by atoms with Crippen molar-refractivity contribution < 1.29 is 26.4 Å². The Labute approximate surface area is 152 Å². The zero-order valence-corrected chi connectivity index (χ0v) is 14.8. The summed E-state index contributed by atoms with van der Waals surface area (Å²) in [5, 5.41) is 4.34. The number of amides is 2. The molecule has 0 unspecified atom stereocenters. The smallest absolute Gasteiger partial charge is 0.308 e. The van der Waals surface area contributed by atoms with Gasteiger partial charge in [0.05, 0.1) is 17.5 Å². The Balaban J connectivity index is 2.10. The Bertz CT molecular complexity index is 916. The Morgan fingerprint density at radius 2 is 1.58 bits per heavy atom. The highest BCUT2D eigenvalue weighted by atomic mass is 35.5. The van der Waals surface area contributed by atoms with Crippen LogP contribution in [-0.4, -0.2) is 20.7 Å². The third kappa shape index (κ3) is 5.81. The topological polar surface area (TPSA) is 87.3 Å². The van der Waals surface area contributed by atoms with E-state index in [1.54, 1.807) is 0 Å². The minimum Gasteiger partial charge on any atom is -0.308 e. The van der Waals surface area contributed by atoms with E-state index in [9.17, 15) is 26.4 Å². The molecule has 6 nitrogen and oxygen atoms in total. The summed E-state index contributed by atoms with van der Waals surface area (Å²) < 4.78 is 63.5. The molecule has 0 spiro atoms. The number of rotatable bonds is 4. The van der Waals surface area contributed by atoms with Gasteiger partial charge in [0, 0.05) is 16.4 Å². The number of hydrogen-bond acceptors (Lipinski definition) is 3. The monoisotopic (exact) mass is 407 g/mol. The molecule has 0 fully saturated rings. The standard InChI is InChI=1S/C15H13ClF3N3O3S/c1-26(24,25)22-11-5-3-10(4-6-11)20-14(23)21-13-7-2-9(16)8-12(13)15(17,18)19/h2-8,22H,1H3,(H2,20,21,23). The number of alkyl halides is 3. The molecule has 0 heterocycles. The quantitative estimate of drug-likeness (QED) is 0.703. The molecule has 2 rings (SSSR count). The van der Waals surface area contributed by atoms with E-state index in [2.05, 4.69) is 15.4 Å². The van der Waals surface area contributed by atoms with Crippen molar-refractivity contribution in [1.29, 1.82) is 0 Å². The molecule has 0 bridgehead atoms. The molecule has 3 N–H and O–H groups in total. The summed E-state index contributed by atoms with van der Waals surface area (Å²) in [6, 6.07) is 7.63. The maximum Gasteiger partial charge on any atom is 0.418 e. The molecule has 0 saturated carbocycles. The average molecular weight is 408 g/mol. The van der Waals surface area contributed by atoms with Gasteiger partial charge in [-0.05, 0) is 42.5 Å². The number of carbonyl (C=O) groups is 1. The lowest BCUT2D eigenvalue weighted by Crippen LogP contribution is -2.22. The highest BCUT2D eigenvalue weighted by molar-refractivity contribution is 7.92. The van der Waals surface area contributed by atoms with Gasteiger partial charge in [-0.15, -0.1) is 0 Å². The summed E-state index contributed by atoms with van der Waals surface area (Å²) in [4.78, 5) is 11.9. The maximum atomic E-state index is 13.0. The fourth-order valence-corrected chi connectivity index (χ4v) is 2.72. The summed E-state index contributed by atoms with van der Waals surface area (Å²) >= 11 is 5.57. The van der Waals surface area contributed by atoms with E-state index in [0.29, 0.717) is 6.07 Å². The van der Waals surface area contributed by atoms with E-state index in [4.69, 9.17) is 11.6 Å². The third-order valence-electron chi connectivity index (χ3n) is 2.98. The summed E-state index contributed by atoms with van der Waals surface area (Å²) in [7, 11) is -3.44. The van der Waals surface area contributed by atoms with Gasteiger partial charge in [-0.3, -0.25) is 4.72 Å². The number of nitrogens with one attached hydrogen (secondary N) is 3. The van der Waals surface area contributed by atoms with Crippen molar-refractivity contribution in [3.63, 3.8) is 0 Å². The number of anilines is 3. The van der Waals surface area contributed by atoms with Gasteiger partial charge in [0.2, 0.25) is 10.0 Å². The van der Waals surface area contributed by atoms with Crippen LogP contribution in [0.15, 0.2) is 42.5 Å². The van der Waals surface area contributed by atoms with E-state index in [-0.39, 0.29) is 16.4 Å². The molecule has 0 aliphatic rings. The predicted molar refractivity (Wildman–Crippen MR) is 94.0 cm³/mol. The van der Waals surface area contributed by atoms with Crippen molar-refractivity contribution in [1.82, 2.24) is 0 Å². The Morgan fingerprint density at radius 1 is 1.00 bits per heavy atom. The van der Waals surface area contributed by atoms with E-state index >= 15 is 0 Å². The summed E-state index contributed by atoms with van der Waals surface area (Å²) in [5.74, 6) is 0. The first-order chi connectivity index (χ1) is 11.9. The third-order valence-corrected chi connectivity index (χ3v) is 3.82. The molecule has 0 radical (unpaired) electrons. The molecule has 2 aromatic carbocycles. The van der Waals surface area contributed by atoms with Crippen molar-refractivity contribution in [2.45, 2.75) is 6.18 Å². The highest BCUT2D eigenvalue weighted by Crippen LogP contribution is 2.36. The van der Waals surface area contributed by atoms with Crippen LogP contribution in [0.2, 0.25) is 5.02 Å². The lowest BCUT2D eigenvalue weighted by molar-refractivity contribution is -0.136. The largest absolute Gasteiger partial charge is 0.418 e. The summed E-state index contributed by atoms with van der Waals surface area (Å²) in [5.41, 5.74) is -0.998. The van der Waals surface area contributed by atoms with Crippen LogP contribution < -0.4 is 15.4 Å². The Morgan fingerprint density at radius 3 is 2.12 bits per heavy atom. The van der Waals surface area contributed by atoms with Crippen molar-refractivity contribution in [2.75, 3.05) is 21.6 Å². The highest BCUT2D eigenvalue weighted by Gasteiger charge is 2.34. The van der Waals surface area contributed by atoms with E-state index in [1.807, 2.05) is 0 Å². The molecule has 0 aliphatic heterocycles. The SMILES string of the molecule is CS(=O)(=O)Nc1ccc(NC(=O)Nc2ccc(Cl)cc2C(F)(F)F)cc1. The predicted octanol–water partition coefficient (Wildman–Crippen LogP) is 4.37. The first kappa shape index (κ1) is 19.9. The molecule has 0 aromatic heterocycles. The van der Waals surface area contributed by atoms with Crippen LogP contribution in [0.25, 0.3) is 0 Å². The normalized spacial score (nSPS) is 11.7. The van der Waals surface area contributed by atoms with Gasteiger partial charge in [-0.1, -0.05) is 11.6 Å². The summed E-state index contributed by atoms with van der Waals surface area (Å²) in [6.45, 7) is 0. The van der Waals surface area contributed by atoms with Gasteiger partial charge in [0.25, 0.3) is 0 Å². The van der Waals surface area contributed by atoms with Gasteiger partial charge in [-0.2, -0.15) is 13.2 Å². The lowest BCUT2D eigenvalue weighted by atomic mass is 10.1. The second kappa shape index (κ2) is 7.42. The number of sulfonamides is 1. The minimum absolute atomic E-state index is 0.114. The van der Waals surface area contributed by atoms with Crippen LogP contribution in [0.3, 0.4) is 0 Å². The van der Waals surface area contributed by atoms with Gasteiger partial charge in [-0.25, -0.2) is 13.2 Å². The molecule has 0 atom stereocenters. The van der Waals surface area contributed by atoms with Gasteiger partial charge < -0.3 is 10.6 Å². The maximum absolute atomic E-state index is 13.0. The number of hydrogen-bond donors (Lipinski definition) is 3. The zero-order valence-electron chi connectivity index (χ0n) is 13.2. The number of halogens is 4. The molecule has 2 amide bonds. The second-order valence-electron chi connectivity index (χ2n) is 5.22. The molecular formula is C15H13ClF3N3O3S. The van der Waals surface area contributed by atoms with Crippen molar-refractivity contribution >= 4 is 44.7 Å². The molecule has 0 saturated heterocycles. The van der Waals surface area contributed by atoms with Crippen LogP contribution in [0.4, 0.5) is 35.0 Å². The first-order valence-electron chi connectivity index (χ1n) is 6.97. The van der Waals surface area contributed by atoms with E-state index < -0.39 is 33.5 Å². The van der Waals surface area contributed by atoms with Crippen LogP contribution in [0.1, 0.15) is 5.56 Å². The number of urea groups is 1. The number of carbonyl (C=O) groups excluding carboxylic acids is 1. The van der Waals surface area contributed by atoms with Gasteiger partial charge in [0.1, 0.15) is 0 Å². The molecule has 2 aromatic rings. The van der Waals surface area contributed by atoms with Crippen LogP contribution >= 0.6 is 11.6 Å². The molecule has 11 heteroatoms. The molecule has 140 valence electrons. The van der Waals surface area contributed by atoms with Crippen LogP contribution in [0, 0.1) is 0 Å². The lowest BCUT2D eigenvalue weighted by Gasteiger charge is -2.14. The average Bonchev–Trinajstić information content (AvgIpc) is 2.48. The van der Waals surface area contributed by atoms with Crippen molar-refractivity contribution in [2.24, 2.45) is 0 Å². The molecule has 26 heavy (non-hydrogen) atoms. The van der Waals surface area contributed by atoms with E-state index in [0.717, 1.165) is 12.3 Å². The number of benzene rings is 2. The summed E-state index contributed by atoms with van der Waals surface area (Å²) in [6.07, 6.45) is -3.70. The van der Waals surface area contributed by atoms with E-state index in [1.165, 1.54) is 30.3 Å². The van der Waals surface area contributed by atoms with Gasteiger partial charge >= 0.3 is 12.2 Å². The Hall–Kier alpha value is -2.46. The minimum atomic E-state index is -4.69. The van der Waals surface area contributed by atoms with Gasteiger partial charge in [0.15, 0.2) is 0 Å². The fourth-order valence-electron chi connectivity index (χ4n) is 1.98. The fraction of sp³-hybridized carbons (Fsp3) is 0.133. The van der Waals surface area contributed by atoms with Crippen molar-refractivity contribution in [3.05, 3.63) is 53.1 Å². The van der Waals surface area contributed by atoms with Crippen LogP contribution in [0.5, 0.6) is 0 Å². The first-order valence-corrected chi connectivity index (χ1v) is 9.23. The zero-order chi connectivity index (χ0) is 19.5. The molecular weight excluding hydrogens is 395 g/mol. The second-order valence-corrected chi connectivity index (χ2v) is 7.40. The van der Waals surface area contributed by atoms with Crippen LogP contribution in [-0.2, 0) is 16.2 Å². The Kier molecular flexibility index (Phi) is 5.67.